The Morgan fingerprint density at radius 2 is 2.22 bits per heavy atom. The molecular weight excluding hydrogens is 230 g/mol. The first-order chi connectivity index (χ1) is 8.59. The summed E-state index contributed by atoms with van der Waals surface area (Å²) in [7, 11) is 0. The molecule has 2 aliphatic rings. The number of hydrogen-bond acceptors (Lipinski definition) is 3. The molecule has 2 rings (SSSR count). The molecule has 2 fully saturated rings. The molecule has 1 saturated carbocycles. The van der Waals surface area contributed by atoms with Gasteiger partial charge in [0.05, 0.1) is 5.60 Å². The first-order valence-electron chi connectivity index (χ1n) is 7.05. The molecule has 0 aromatic rings. The van der Waals surface area contributed by atoms with Gasteiger partial charge in [-0.2, -0.15) is 0 Å². The topological polar surface area (TPSA) is 64.6 Å². The SMILES string of the molecule is CC1CCC(O)(CNCCN2CCNC2=O)CC1. The normalized spacial score (nSPS) is 32.7. The van der Waals surface area contributed by atoms with E-state index in [1.54, 1.807) is 4.90 Å². The number of urea groups is 1. The van der Waals surface area contributed by atoms with Gasteiger partial charge in [0.15, 0.2) is 0 Å². The van der Waals surface area contributed by atoms with E-state index in [-0.39, 0.29) is 6.03 Å². The summed E-state index contributed by atoms with van der Waals surface area (Å²) >= 11 is 0. The monoisotopic (exact) mass is 255 g/mol. The summed E-state index contributed by atoms with van der Waals surface area (Å²) in [6.45, 7) is 5.92. The van der Waals surface area contributed by atoms with Gasteiger partial charge in [-0.05, 0) is 31.6 Å². The maximum absolute atomic E-state index is 11.3. The fourth-order valence-electron chi connectivity index (χ4n) is 2.74. The van der Waals surface area contributed by atoms with E-state index in [0.29, 0.717) is 6.54 Å². The molecule has 104 valence electrons. The molecule has 1 heterocycles. The van der Waals surface area contributed by atoms with Crippen molar-refractivity contribution < 1.29 is 9.90 Å². The number of carbonyl (C=O) groups is 1. The van der Waals surface area contributed by atoms with Crippen LogP contribution >= 0.6 is 0 Å². The second kappa shape index (κ2) is 5.89. The predicted octanol–water partition coefficient (Wildman–Crippen LogP) is 0.542. The van der Waals surface area contributed by atoms with Crippen LogP contribution in [0.4, 0.5) is 4.79 Å². The number of rotatable bonds is 5. The van der Waals surface area contributed by atoms with Gasteiger partial charge in [0.1, 0.15) is 0 Å². The van der Waals surface area contributed by atoms with Crippen molar-refractivity contribution in [2.24, 2.45) is 5.92 Å². The Morgan fingerprint density at radius 3 is 2.83 bits per heavy atom. The Balaban J connectivity index is 1.61. The predicted molar refractivity (Wildman–Crippen MR) is 70.4 cm³/mol. The number of amides is 2. The lowest BCUT2D eigenvalue weighted by Crippen LogP contribution is -2.45. The van der Waals surface area contributed by atoms with Crippen LogP contribution < -0.4 is 10.6 Å². The van der Waals surface area contributed by atoms with Gasteiger partial charge >= 0.3 is 6.03 Å². The minimum absolute atomic E-state index is 0.0296. The van der Waals surface area contributed by atoms with Gasteiger partial charge in [-0.25, -0.2) is 4.79 Å². The molecule has 0 atom stereocenters. The number of hydrogen-bond donors (Lipinski definition) is 3. The molecular formula is C13H25N3O2. The molecule has 2 amide bonds. The van der Waals surface area contributed by atoms with Crippen LogP contribution in [0.1, 0.15) is 32.6 Å². The van der Waals surface area contributed by atoms with Crippen LogP contribution in [0.5, 0.6) is 0 Å². The Kier molecular flexibility index (Phi) is 4.45. The quantitative estimate of drug-likeness (QED) is 0.628. The van der Waals surface area contributed by atoms with Crippen LogP contribution in [0.3, 0.4) is 0 Å². The molecule has 1 saturated heterocycles. The zero-order valence-corrected chi connectivity index (χ0v) is 11.2. The molecule has 5 nitrogen and oxygen atoms in total. The summed E-state index contributed by atoms with van der Waals surface area (Å²) in [5.74, 6) is 0.749. The van der Waals surface area contributed by atoms with Crippen LogP contribution in [0.25, 0.3) is 0 Å². The molecule has 1 aliphatic heterocycles. The third kappa shape index (κ3) is 3.59. The Labute approximate surface area is 109 Å². The Bertz CT molecular complexity index is 288. The third-order valence-corrected chi connectivity index (χ3v) is 4.16. The van der Waals surface area contributed by atoms with Crippen LogP contribution in [0, 0.1) is 5.92 Å². The highest BCUT2D eigenvalue weighted by Crippen LogP contribution is 2.31. The molecule has 1 aliphatic carbocycles. The minimum Gasteiger partial charge on any atom is -0.389 e. The van der Waals surface area contributed by atoms with Crippen molar-refractivity contribution in [1.82, 2.24) is 15.5 Å². The summed E-state index contributed by atoms with van der Waals surface area (Å²) in [6.07, 6.45) is 4.02. The molecule has 18 heavy (non-hydrogen) atoms. The summed E-state index contributed by atoms with van der Waals surface area (Å²) in [6, 6.07) is 0.0296. The lowest BCUT2D eigenvalue weighted by atomic mass is 9.79. The third-order valence-electron chi connectivity index (χ3n) is 4.16. The van der Waals surface area contributed by atoms with Crippen molar-refractivity contribution in [3.63, 3.8) is 0 Å². The maximum Gasteiger partial charge on any atom is 0.317 e. The van der Waals surface area contributed by atoms with E-state index in [1.807, 2.05) is 0 Å². The second-order valence-corrected chi connectivity index (χ2v) is 5.80. The zero-order valence-electron chi connectivity index (χ0n) is 11.2. The van der Waals surface area contributed by atoms with E-state index < -0.39 is 5.60 Å². The largest absolute Gasteiger partial charge is 0.389 e. The molecule has 0 spiro atoms. The standard InChI is InChI=1S/C13H25N3O2/c1-11-2-4-13(18,5-3-11)10-14-6-8-16-9-7-15-12(16)17/h11,14,18H,2-10H2,1H3,(H,15,17). The first-order valence-corrected chi connectivity index (χ1v) is 7.05. The smallest absolute Gasteiger partial charge is 0.317 e. The van der Waals surface area contributed by atoms with E-state index >= 15 is 0 Å². The van der Waals surface area contributed by atoms with E-state index in [9.17, 15) is 9.90 Å². The number of aliphatic hydroxyl groups is 1. The van der Waals surface area contributed by atoms with Gasteiger partial charge in [-0.1, -0.05) is 6.92 Å². The highest BCUT2D eigenvalue weighted by atomic mass is 16.3. The Morgan fingerprint density at radius 1 is 1.50 bits per heavy atom. The van der Waals surface area contributed by atoms with Crippen molar-refractivity contribution in [1.29, 1.82) is 0 Å². The van der Waals surface area contributed by atoms with Crippen LogP contribution in [-0.4, -0.2) is 54.4 Å². The average Bonchev–Trinajstić information content (AvgIpc) is 2.75. The van der Waals surface area contributed by atoms with Gasteiger partial charge in [0, 0.05) is 32.7 Å². The number of nitrogens with zero attached hydrogens (tertiary/aromatic N) is 1. The van der Waals surface area contributed by atoms with Gasteiger partial charge < -0.3 is 20.6 Å². The van der Waals surface area contributed by atoms with E-state index in [1.165, 1.54) is 0 Å². The maximum atomic E-state index is 11.3. The van der Waals surface area contributed by atoms with Crippen molar-refractivity contribution >= 4 is 6.03 Å². The first kappa shape index (κ1) is 13.6. The molecule has 5 heteroatoms. The lowest BCUT2D eigenvalue weighted by Gasteiger charge is -2.35. The number of nitrogens with one attached hydrogen (secondary N) is 2. The molecule has 0 unspecified atom stereocenters. The molecule has 3 N–H and O–H groups in total. The van der Waals surface area contributed by atoms with Gasteiger partial charge in [-0.3, -0.25) is 0 Å². The van der Waals surface area contributed by atoms with Gasteiger partial charge in [0.25, 0.3) is 0 Å². The second-order valence-electron chi connectivity index (χ2n) is 5.80. The summed E-state index contributed by atoms with van der Waals surface area (Å²) in [5.41, 5.74) is -0.528. The van der Waals surface area contributed by atoms with E-state index in [4.69, 9.17) is 0 Å². The van der Waals surface area contributed by atoms with Crippen molar-refractivity contribution in [3.05, 3.63) is 0 Å². The Hall–Kier alpha value is -0.810. The van der Waals surface area contributed by atoms with Gasteiger partial charge in [0.2, 0.25) is 0 Å². The summed E-state index contributed by atoms with van der Waals surface area (Å²) in [5, 5.41) is 16.4. The fourth-order valence-corrected chi connectivity index (χ4v) is 2.74. The zero-order chi connectivity index (χ0) is 13.0. The summed E-state index contributed by atoms with van der Waals surface area (Å²) < 4.78 is 0. The fraction of sp³-hybridized carbons (Fsp3) is 0.923. The number of carbonyl (C=O) groups excluding carboxylic acids is 1. The van der Waals surface area contributed by atoms with Crippen molar-refractivity contribution in [2.75, 3.05) is 32.7 Å². The van der Waals surface area contributed by atoms with Crippen LogP contribution in [0.2, 0.25) is 0 Å². The van der Waals surface area contributed by atoms with E-state index in [2.05, 4.69) is 17.6 Å². The molecule has 0 aromatic heterocycles. The highest BCUT2D eigenvalue weighted by molar-refractivity contribution is 5.76. The van der Waals surface area contributed by atoms with Crippen LogP contribution in [-0.2, 0) is 0 Å². The van der Waals surface area contributed by atoms with E-state index in [0.717, 1.165) is 57.8 Å². The van der Waals surface area contributed by atoms with Crippen LogP contribution in [0.15, 0.2) is 0 Å². The molecule has 0 bridgehead atoms. The highest BCUT2D eigenvalue weighted by Gasteiger charge is 2.31. The van der Waals surface area contributed by atoms with Crippen molar-refractivity contribution in [2.45, 2.75) is 38.2 Å². The summed E-state index contributed by atoms with van der Waals surface area (Å²) in [4.78, 5) is 13.1. The molecule has 0 radical (unpaired) electrons. The minimum atomic E-state index is -0.528. The molecule has 0 aromatic carbocycles. The van der Waals surface area contributed by atoms with Crippen molar-refractivity contribution in [3.8, 4) is 0 Å². The van der Waals surface area contributed by atoms with Gasteiger partial charge in [-0.15, -0.1) is 0 Å². The lowest BCUT2D eigenvalue weighted by molar-refractivity contribution is -0.00605. The average molecular weight is 255 g/mol.